The molecule has 5 nitrogen and oxygen atoms in total. The van der Waals surface area contributed by atoms with E-state index in [1.807, 2.05) is 12.1 Å². The van der Waals surface area contributed by atoms with Gasteiger partial charge in [-0.15, -0.1) is 24.0 Å². The summed E-state index contributed by atoms with van der Waals surface area (Å²) in [4.78, 5) is 6.82. The molecule has 0 aromatic heterocycles. The van der Waals surface area contributed by atoms with Gasteiger partial charge >= 0.3 is 0 Å². The lowest BCUT2D eigenvalue weighted by Gasteiger charge is -2.21. The molecular weight excluding hydrogens is 417 g/mol. The molecule has 24 heavy (non-hydrogen) atoms. The lowest BCUT2D eigenvalue weighted by molar-refractivity contribution is 0.188. The minimum absolute atomic E-state index is 0. The summed E-state index contributed by atoms with van der Waals surface area (Å²) < 4.78 is 5.75. The Morgan fingerprint density at radius 3 is 2.92 bits per heavy atom. The topological polar surface area (TPSA) is 57.1 Å². The SMILES string of the molecule is CCCCOc1cccc(CN=C(NCC)N2CC[C@@H](O)C2)c1.I. The van der Waals surface area contributed by atoms with E-state index >= 15 is 0 Å². The van der Waals surface area contributed by atoms with Gasteiger partial charge in [0.15, 0.2) is 5.96 Å². The van der Waals surface area contributed by atoms with Gasteiger partial charge in [0.1, 0.15) is 5.75 Å². The highest BCUT2D eigenvalue weighted by atomic mass is 127. The second-order valence-corrected chi connectivity index (χ2v) is 5.91. The summed E-state index contributed by atoms with van der Waals surface area (Å²) in [7, 11) is 0. The van der Waals surface area contributed by atoms with Crippen molar-refractivity contribution in [1.82, 2.24) is 10.2 Å². The summed E-state index contributed by atoms with van der Waals surface area (Å²) in [6.07, 6.45) is 2.78. The number of aliphatic imine (C=N–C) groups is 1. The molecule has 2 N–H and O–H groups in total. The number of guanidine groups is 1. The highest BCUT2D eigenvalue weighted by molar-refractivity contribution is 14.0. The standard InChI is InChI=1S/C18H29N3O2.HI/c1-3-5-11-23-17-8-6-7-15(12-17)13-20-18(19-4-2)21-10-9-16(22)14-21;/h6-8,12,16,22H,3-5,9-11,13-14H2,1-2H3,(H,19,20);1H/t16-;/m1./s1. The van der Waals surface area contributed by atoms with Gasteiger partial charge in [-0.1, -0.05) is 25.5 Å². The highest BCUT2D eigenvalue weighted by Crippen LogP contribution is 2.15. The first-order valence-corrected chi connectivity index (χ1v) is 8.66. The second-order valence-electron chi connectivity index (χ2n) is 5.91. The molecule has 1 saturated heterocycles. The third-order valence-electron chi connectivity index (χ3n) is 3.87. The summed E-state index contributed by atoms with van der Waals surface area (Å²) in [6.45, 7) is 7.93. The fraction of sp³-hybridized carbons (Fsp3) is 0.611. The predicted octanol–water partition coefficient (Wildman–Crippen LogP) is 3.02. The summed E-state index contributed by atoms with van der Waals surface area (Å²) in [6, 6.07) is 8.13. The van der Waals surface area contributed by atoms with Crippen LogP contribution in [-0.2, 0) is 6.54 Å². The molecule has 1 fully saturated rings. The van der Waals surface area contributed by atoms with Crippen molar-refractivity contribution in [3.05, 3.63) is 29.8 Å². The molecule has 1 aliphatic rings. The van der Waals surface area contributed by atoms with Gasteiger partial charge in [0, 0.05) is 19.6 Å². The third-order valence-corrected chi connectivity index (χ3v) is 3.87. The van der Waals surface area contributed by atoms with Crippen LogP contribution in [0.15, 0.2) is 29.3 Å². The lowest BCUT2D eigenvalue weighted by atomic mass is 10.2. The molecule has 136 valence electrons. The predicted molar refractivity (Wildman–Crippen MR) is 109 cm³/mol. The summed E-state index contributed by atoms with van der Waals surface area (Å²) >= 11 is 0. The number of β-amino-alcohol motifs (C(OH)–C–C–N with tert-alkyl or cyclic N) is 1. The smallest absolute Gasteiger partial charge is 0.194 e. The van der Waals surface area contributed by atoms with Crippen molar-refractivity contribution in [1.29, 1.82) is 0 Å². The largest absolute Gasteiger partial charge is 0.494 e. The van der Waals surface area contributed by atoms with Crippen LogP contribution in [0.1, 0.15) is 38.7 Å². The third kappa shape index (κ3) is 6.84. The molecule has 0 aliphatic carbocycles. The fourth-order valence-electron chi connectivity index (χ4n) is 2.59. The quantitative estimate of drug-likeness (QED) is 0.292. The number of aliphatic hydroxyl groups is 1. The molecule has 1 aliphatic heterocycles. The summed E-state index contributed by atoms with van der Waals surface area (Å²) in [5.41, 5.74) is 1.13. The number of halogens is 1. The van der Waals surface area contributed by atoms with Crippen molar-refractivity contribution in [2.75, 3.05) is 26.2 Å². The van der Waals surface area contributed by atoms with Crippen molar-refractivity contribution in [3.63, 3.8) is 0 Å². The lowest BCUT2D eigenvalue weighted by Crippen LogP contribution is -2.40. The zero-order valence-corrected chi connectivity index (χ0v) is 17.0. The van der Waals surface area contributed by atoms with Crippen LogP contribution in [0.4, 0.5) is 0 Å². The van der Waals surface area contributed by atoms with E-state index in [4.69, 9.17) is 9.73 Å². The van der Waals surface area contributed by atoms with E-state index in [1.54, 1.807) is 0 Å². The number of ether oxygens (including phenoxy) is 1. The molecule has 1 atom stereocenters. The summed E-state index contributed by atoms with van der Waals surface area (Å²) in [5, 5.41) is 13.0. The van der Waals surface area contributed by atoms with Crippen molar-refractivity contribution in [2.24, 2.45) is 4.99 Å². The maximum absolute atomic E-state index is 9.70. The van der Waals surface area contributed by atoms with E-state index in [0.717, 1.165) is 56.2 Å². The molecule has 6 heteroatoms. The number of nitrogens with one attached hydrogen (secondary N) is 1. The van der Waals surface area contributed by atoms with Gasteiger partial charge < -0.3 is 20.1 Å². The molecule has 0 radical (unpaired) electrons. The Balaban J connectivity index is 0.00000288. The van der Waals surface area contributed by atoms with Crippen LogP contribution in [0, 0.1) is 0 Å². The highest BCUT2D eigenvalue weighted by Gasteiger charge is 2.22. The number of aliphatic hydroxyl groups excluding tert-OH is 1. The molecule has 0 amide bonds. The molecule has 0 unspecified atom stereocenters. The Kier molecular flexibility index (Phi) is 10.1. The maximum atomic E-state index is 9.70. The van der Waals surface area contributed by atoms with Gasteiger partial charge in [-0.05, 0) is 37.5 Å². The maximum Gasteiger partial charge on any atom is 0.194 e. The Labute approximate surface area is 162 Å². The van der Waals surface area contributed by atoms with Crippen LogP contribution < -0.4 is 10.1 Å². The van der Waals surface area contributed by atoms with Crippen LogP contribution >= 0.6 is 24.0 Å². The minimum atomic E-state index is -0.242. The molecule has 0 saturated carbocycles. The number of nitrogens with zero attached hydrogens (tertiary/aromatic N) is 2. The average molecular weight is 447 g/mol. The number of likely N-dealkylation sites (tertiary alicyclic amines) is 1. The van der Waals surface area contributed by atoms with E-state index in [2.05, 4.69) is 36.2 Å². The van der Waals surface area contributed by atoms with Crippen molar-refractivity contribution >= 4 is 29.9 Å². The van der Waals surface area contributed by atoms with Crippen molar-refractivity contribution in [3.8, 4) is 5.75 Å². The normalized spacial score (nSPS) is 17.5. The minimum Gasteiger partial charge on any atom is -0.494 e. The van der Waals surface area contributed by atoms with Crippen LogP contribution in [0.25, 0.3) is 0 Å². The summed E-state index contributed by atoms with van der Waals surface area (Å²) in [5.74, 6) is 1.79. The monoisotopic (exact) mass is 447 g/mol. The zero-order valence-electron chi connectivity index (χ0n) is 14.7. The van der Waals surface area contributed by atoms with Gasteiger partial charge in [-0.3, -0.25) is 0 Å². The van der Waals surface area contributed by atoms with Crippen molar-refractivity contribution in [2.45, 2.75) is 45.8 Å². The van der Waals surface area contributed by atoms with E-state index in [0.29, 0.717) is 13.1 Å². The number of unbranched alkanes of at least 4 members (excludes halogenated alkanes) is 1. The van der Waals surface area contributed by atoms with Gasteiger partial charge in [-0.2, -0.15) is 0 Å². The molecule has 1 aromatic carbocycles. The average Bonchev–Trinajstić information content (AvgIpc) is 2.98. The van der Waals surface area contributed by atoms with E-state index in [9.17, 15) is 5.11 Å². The Morgan fingerprint density at radius 2 is 2.25 bits per heavy atom. The molecule has 0 spiro atoms. The van der Waals surface area contributed by atoms with E-state index in [1.165, 1.54) is 0 Å². The first-order valence-electron chi connectivity index (χ1n) is 8.66. The molecular formula is C18H30IN3O2. The number of benzene rings is 1. The second kappa shape index (κ2) is 11.5. The Morgan fingerprint density at radius 1 is 1.42 bits per heavy atom. The first kappa shape index (κ1) is 21.0. The number of hydrogen-bond donors (Lipinski definition) is 2. The van der Waals surface area contributed by atoms with Crippen LogP contribution in [-0.4, -0.2) is 48.3 Å². The van der Waals surface area contributed by atoms with Crippen LogP contribution in [0.3, 0.4) is 0 Å². The first-order chi connectivity index (χ1) is 11.2. The number of rotatable bonds is 7. The fourth-order valence-corrected chi connectivity index (χ4v) is 2.59. The molecule has 1 aromatic rings. The van der Waals surface area contributed by atoms with E-state index in [-0.39, 0.29) is 30.1 Å². The molecule has 2 rings (SSSR count). The van der Waals surface area contributed by atoms with Gasteiger partial charge in [0.05, 0.1) is 19.3 Å². The van der Waals surface area contributed by atoms with Gasteiger partial charge in [-0.25, -0.2) is 4.99 Å². The Hall–Kier alpha value is -1.02. The zero-order chi connectivity index (χ0) is 16.5. The van der Waals surface area contributed by atoms with Gasteiger partial charge in [0.2, 0.25) is 0 Å². The van der Waals surface area contributed by atoms with E-state index < -0.39 is 0 Å². The Bertz CT molecular complexity index is 511. The number of hydrogen-bond acceptors (Lipinski definition) is 3. The van der Waals surface area contributed by atoms with Crippen LogP contribution in [0.2, 0.25) is 0 Å². The molecule has 1 heterocycles. The van der Waals surface area contributed by atoms with Crippen LogP contribution in [0.5, 0.6) is 5.75 Å². The molecule has 0 bridgehead atoms. The van der Waals surface area contributed by atoms with Gasteiger partial charge in [0.25, 0.3) is 0 Å². The van der Waals surface area contributed by atoms with Crippen molar-refractivity contribution < 1.29 is 9.84 Å².